The Morgan fingerprint density at radius 3 is 2.48 bits per heavy atom. The van der Waals surface area contributed by atoms with E-state index in [2.05, 4.69) is 15.6 Å². The minimum atomic E-state index is -0.883. The average Bonchev–Trinajstić information content (AvgIpc) is 2.36. The molecule has 1 aromatic heterocycles. The number of carboxylic acids is 1. The van der Waals surface area contributed by atoms with Crippen LogP contribution in [0.2, 0.25) is 0 Å². The maximum Gasteiger partial charge on any atom is 0.320 e. The van der Waals surface area contributed by atoms with Gasteiger partial charge in [0.15, 0.2) is 0 Å². The first-order valence-corrected chi connectivity index (χ1v) is 6.64. The maximum absolute atomic E-state index is 11.9. The third-order valence-electron chi connectivity index (χ3n) is 2.92. The Labute approximate surface area is 124 Å². The first-order valence-electron chi connectivity index (χ1n) is 6.64. The Morgan fingerprint density at radius 1 is 1.33 bits per heavy atom. The van der Waals surface area contributed by atoms with E-state index < -0.39 is 17.5 Å². The highest BCUT2D eigenvalue weighted by Gasteiger charge is 2.21. The van der Waals surface area contributed by atoms with Gasteiger partial charge in [-0.1, -0.05) is 0 Å². The van der Waals surface area contributed by atoms with Crippen molar-refractivity contribution in [3.63, 3.8) is 0 Å². The third-order valence-corrected chi connectivity index (χ3v) is 2.92. The van der Waals surface area contributed by atoms with E-state index in [0.29, 0.717) is 12.2 Å². The highest BCUT2D eigenvalue weighted by molar-refractivity contribution is 5.88. The quantitative estimate of drug-likeness (QED) is 0.745. The number of anilines is 2. The number of pyridine rings is 1. The first-order chi connectivity index (χ1) is 9.69. The molecule has 3 N–H and O–H groups in total. The number of nitrogens with zero attached hydrogens (tertiary/aromatic N) is 2. The lowest BCUT2D eigenvalue weighted by Crippen LogP contribution is -2.45. The molecule has 116 valence electrons. The van der Waals surface area contributed by atoms with Crippen LogP contribution in [0.5, 0.6) is 0 Å². The zero-order valence-electron chi connectivity index (χ0n) is 12.8. The van der Waals surface area contributed by atoms with Crippen molar-refractivity contribution in [1.29, 1.82) is 0 Å². The molecule has 7 nitrogen and oxygen atoms in total. The number of carbonyl (C=O) groups excluding carboxylic acids is 1. The topological polar surface area (TPSA) is 94.6 Å². The number of urea groups is 1. The van der Waals surface area contributed by atoms with Gasteiger partial charge in [-0.25, -0.2) is 9.78 Å². The van der Waals surface area contributed by atoms with E-state index in [9.17, 15) is 9.59 Å². The zero-order valence-corrected chi connectivity index (χ0v) is 12.8. The monoisotopic (exact) mass is 294 g/mol. The molecule has 0 saturated carbocycles. The van der Waals surface area contributed by atoms with Crippen LogP contribution in [0, 0.1) is 0 Å². The number of carboxylic acid groups (broad SMARTS) is 1. The summed E-state index contributed by atoms with van der Waals surface area (Å²) in [6.45, 7) is 3.55. The van der Waals surface area contributed by atoms with Crippen LogP contribution in [-0.4, -0.2) is 41.7 Å². The first kappa shape index (κ1) is 16.7. The van der Waals surface area contributed by atoms with E-state index in [4.69, 9.17) is 5.11 Å². The Hall–Kier alpha value is -2.31. The minimum Gasteiger partial charge on any atom is -0.481 e. The summed E-state index contributed by atoms with van der Waals surface area (Å²) in [6.07, 6.45) is 2.01. The summed E-state index contributed by atoms with van der Waals surface area (Å²) in [4.78, 5) is 28.5. The van der Waals surface area contributed by atoms with Gasteiger partial charge in [0.05, 0.1) is 11.9 Å². The van der Waals surface area contributed by atoms with Gasteiger partial charge in [0.25, 0.3) is 0 Å². The van der Waals surface area contributed by atoms with E-state index in [1.54, 1.807) is 26.1 Å². The Morgan fingerprint density at radius 2 is 2.00 bits per heavy atom. The largest absolute Gasteiger partial charge is 0.481 e. The summed E-state index contributed by atoms with van der Waals surface area (Å²) in [7, 11) is 3.81. The number of aliphatic carboxylic acids is 1. The molecular formula is C14H22N4O3. The number of aromatic nitrogens is 1. The molecular weight excluding hydrogens is 272 g/mol. The Balaban J connectivity index is 2.54. The van der Waals surface area contributed by atoms with E-state index in [1.165, 1.54) is 0 Å². The molecule has 7 heteroatoms. The van der Waals surface area contributed by atoms with E-state index in [1.807, 2.05) is 25.1 Å². The highest BCUT2D eigenvalue weighted by Crippen LogP contribution is 2.14. The third kappa shape index (κ3) is 6.11. The molecule has 1 heterocycles. The average molecular weight is 294 g/mol. The van der Waals surface area contributed by atoms with E-state index in [0.717, 1.165) is 5.69 Å². The number of hydrogen-bond acceptors (Lipinski definition) is 4. The standard InChI is InChI=1S/C14H22N4O3/c1-14(2,8-7-12(19)20)17-13(21)16-11-6-5-10(9-15-11)18(3)4/h5-6,9H,7-8H2,1-4H3,(H,19,20)(H2,15,16,17,21). The zero-order chi connectivity index (χ0) is 16.0. The lowest BCUT2D eigenvalue weighted by atomic mass is 9.99. The van der Waals surface area contributed by atoms with Crippen LogP contribution in [0.25, 0.3) is 0 Å². The molecule has 21 heavy (non-hydrogen) atoms. The van der Waals surface area contributed by atoms with Gasteiger partial charge in [0.1, 0.15) is 5.82 Å². The normalized spacial score (nSPS) is 10.9. The summed E-state index contributed by atoms with van der Waals surface area (Å²) >= 11 is 0. The molecule has 1 aromatic rings. The molecule has 0 radical (unpaired) electrons. The van der Waals surface area contributed by atoms with Gasteiger partial charge in [-0.3, -0.25) is 10.1 Å². The fourth-order valence-electron chi connectivity index (χ4n) is 1.66. The smallest absolute Gasteiger partial charge is 0.320 e. The van der Waals surface area contributed by atoms with Crippen LogP contribution < -0.4 is 15.5 Å². The van der Waals surface area contributed by atoms with Crippen LogP contribution in [0.1, 0.15) is 26.7 Å². The van der Waals surface area contributed by atoms with Crippen LogP contribution in [0.4, 0.5) is 16.3 Å². The number of amides is 2. The van der Waals surface area contributed by atoms with Crippen molar-refractivity contribution < 1.29 is 14.7 Å². The van der Waals surface area contributed by atoms with Crippen LogP contribution >= 0.6 is 0 Å². The molecule has 0 aliphatic rings. The van der Waals surface area contributed by atoms with Crippen LogP contribution in [0.3, 0.4) is 0 Å². The molecule has 0 atom stereocenters. The second-order valence-corrected chi connectivity index (χ2v) is 5.65. The molecule has 0 spiro atoms. The fourth-order valence-corrected chi connectivity index (χ4v) is 1.66. The number of rotatable bonds is 6. The summed E-state index contributed by atoms with van der Waals surface area (Å²) in [5, 5.41) is 14.0. The highest BCUT2D eigenvalue weighted by atomic mass is 16.4. The van der Waals surface area contributed by atoms with Gasteiger partial charge in [0.2, 0.25) is 0 Å². The van der Waals surface area contributed by atoms with Gasteiger partial charge in [-0.05, 0) is 32.4 Å². The lowest BCUT2D eigenvalue weighted by Gasteiger charge is -2.25. The van der Waals surface area contributed by atoms with Crippen molar-refractivity contribution in [2.24, 2.45) is 0 Å². The van der Waals surface area contributed by atoms with Gasteiger partial charge < -0.3 is 15.3 Å². The van der Waals surface area contributed by atoms with Crippen molar-refractivity contribution in [1.82, 2.24) is 10.3 Å². The van der Waals surface area contributed by atoms with Crippen molar-refractivity contribution in [2.45, 2.75) is 32.2 Å². The van der Waals surface area contributed by atoms with Crippen molar-refractivity contribution in [3.05, 3.63) is 18.3 Å². The molecule has 2 amide bonds. The van der Waals surface area contributed by atoms with E-state index >= 15 is 0 Å². The minimum absolute atomic E-state index is 0.00304. The molecule has 0 unspecified atom stereocenters. The molecule has 1 rings (SSSR count). The Kier molecular flexibility index (Phi) is 5.52. The second kappa shape index (κ2) is 6.92. The number of nitrogens with one attached hydrogen (secondary N) is 2. The molecule has 0 aliphatic carbocycles. The van der Waals surface area contributed by atoms with Gasteiger partial charge >= 0.3 is 12.0 Å². The second-order valence-electron chi connectivity index (χ2n) is 5.65. The van der Waals surface area contributed by atoms with Gasteiger partial charge in [0, 0.05) is 26.1 Å². The number of hydrogen-bond donors (Lipinski definition) is 3. The van der Waals surface area contributed by atoms with Crippen LogP contribution in [0.15, 0.2) is 18.3 Å². The summed E-state index contributed by atoms with van der Waals surface area (Å²) in [5.74, 6) is -0.446. The Bertz CT molecular complexity index is 497. The van der Waals surface area contributed by atoms with Gasteiger partial charge in [-0.2, -0.15) is 0 Å². The van der Waals surface area contributed by atoms with Gasteiger partial charge in [-0.15, -0.1) is 0 Å². The summed E-state index contributed by atoms with van der Waals surface area (Å²) < 4.78 is 0. The maximum atomic E-state index is 11.9. The molecule has 0 aromatic carbocycles. The van der Waals surface area contributed by atoms with Crippen molar-refractivity contribution >= 4 is 23.5 Å². The van der Waals surface area contributed by atoms with E-state index in [-0.39, 0.29) is 6.42 Å². The summed E-state index contributed by atoms with van der Waals surface area (Å²) in [5.41, 5.74) is 0.328. The predicted octanol–water partition coefficient (Wildman–Crippen LogP) is 1.91. The molecule has 0 aliphatic heterocycles. The molecule has 0 fully saturated rings. The fraction of sp³-hybridized carbons (Fsp3) is 0.500. The summed E-state index contributed by atoms with van der Waals surface area (Å²) in [6, 6.07) is 3.15. The predicted molar refractivity (Wildman–Crippen MR) is 81.7 cm³/mol. The number of carbonyl (C=O) groups is 2. The van der Waals surface area contributed by atoms with Crippen molar-refractivity contribution in [3.8, 4) is 0 Å². The molecule has 0 saturated heterocycles. The van der Waals surface area contributed by atoms with Crippen LogP contribution in [-0.2, 0) is 4.79 Å². The SMILES string of the molecule is CN(C)c1ccc(NC(=O)NC(C)(C)CCC(=O)O)nc1. The lowest BCUT2D eigenvalue weighted by molar-refractivity contribution is -0.137. The van der Waals surface area contributed by atoms with Crippen molar-refractivity contribution in [2.75, 3.05) is 24.3 Å². The molecule has 0 bridgehead atoms.